The Hall–Kier alpha value is -0.770. The zero-order valence-corrected chi connectivity index (χ0v) is 16.2. The first kappa shape index (κ1) is 20.5. The molecule has 1 aromatic rings. The van der Waals surface area contributed by atoms with Crippen molar-refractivity contribution in [2.24, 2.45) is 0 Å². The third-order valence-electron chi connectivity index (χ3n) is 3.38. The van der Waals surface area contributed by atoms with Crippen LogP contribution in [0.4, 0.5) is 0 Å². The molecule has 7 nitrogen and oxygen atoms in total. The topological polar surface area (TPSA) is 84.9 Å². The Labute approximate surface area is 161 Å². The van der Waals surface area contributed by atoms with Gasteiger partial charge in [0.05, 0.1) is 34.0 Å². The summed E-state index contributed by atoms with van der Waals surface area (Å²) in [6.45, 7) is 1.07. The quantitative estimate of drug-likeness (QED) is 0.666. The van der Waals surface area contributed by atoms with Gasteiger partial charge in [0.2, 0.25) is 10.0 Å². The second-order valence-corrected chi connectivity index (χ2v) is 8.47. The Morgan fingerprint density at radius 1 is 1.16 bits per heavy atom. The number of carbonyl (C=O) groups is 1. The predicted molar refractivity (Wildman–Crippen MR) is 96.2 cm³/mol. The van der Waals surface area contributed by atoms with Crippen LogP contribution in [-0.4, -0.2) is 63.8 Å². The number of benzene rings is 1. The van der Waals surface area contributed by atoms with E-state index in [1.807, 2.05) is 0 Å². The minimum atomic E-state index is -3.42. The molecule has 0 spiro atoms. The molecule has 0 aromatic heterocycles. The standard InChI is InChI=1S/C14H17Cl3N2O5S/c15-10-7-12(17)13(8-11(10)16)24-9-14(20)18-1-6-25(21,22)19-2-4-23-5-3-19/h7-8H,1-6,9H2,(H,18,20). The highest BCUT2D eigenvalue weighted by molar-refractivity contribution is 7.89. The van der Waals surface area contributed by atoms with Crippen LogP contribution in [-0.2, 0) is 19.6 Å². The van der Waals surface area contributed by atoms with Crippen LogP contribution in [0, 0.1) is 0 Å². The van der Waals surface area contributed by atoms with Crippen LogP contribution < -0.4 is 10.1 Å². The van der Waals surface area contributed by atoms with Crippen molar-refractivity contribution in [1.82, 2.24) is 9.62 Å². The number of hydrogen-bond donors (Lipinski definition) is 1. The average Bonchev–Trinajstić information content (AvgIpc) is 2.57. The lowest BCUT2D eigenvalue weighted by atomic mass is 10.3. The van der Waals surface area contributed by atoms with Gasteiger partial charge >= 0.3 is 0 Å². The van der Waals surface area contributed by atoms with Gasteiger partial charge in [-0.05, 0) is 6.07 Å². The van der Waals surface area contributed by atoms with E-state index in [1.165, 1.54) is 16.4 Å². The number of rotatable bonds is 7. The third kappa shape index (κ3) is 6.16. The number of sulfonamides is 1. The van der Waals surface area contributed by atoms with Crippen molar-refractivity contribution in [3.63, 3.8) is 0 Å². The van der Waals surface area contributed by atoms with Gasteiger partial charge in [0.25, 0.3) is 5.91 Å². The monoisotopic (exact) mass is 430 g/mol. The normalized spacial score (nSPS) is 15.8. The largest absolute Gasteiger partial charge is 0.482 e. The second-order valence-electron chi connectivity index (χ2n) is 5.16. The molecule has 1 N–H and O–H groups in total. The van der Waals surface area contributed by atoms with Crippen molar-refractivity contribution in [3.8, 4) is 5.75 Å². The third-order valence-corrected chi connectivity index (χ3v) is 6.27. The first-order chi connectivity index (χ1) is 11.8. The molecule has 1 saturated heterocycles. The van der Waals surface area contributed by atoms with E-state index >= 15 is 0 Å². The molecule has 0 unspecified atom stereocenters. The van der Waals surface area contributed by atoms with E-state index in [0.29, 0.717) is 26.3 Å². The molecule has 0 atom stereocenters. The van der Waals surface area contributed by atoms with Crippen LogP contribution in [0.2, 0.25) is 15.1 Å². The number of hydrogen-bond acceptors (Lipinski definition) is 5. The molecule has 25 heavy (non-hydrogen) atoms. The Morgan fingerprint density at radius 2 is 1.80 bits per heavy atom. The van der Waals surface area contributed by atoms with E-state index in [-0.39, 0.29) is 39.7 Å². The fourth-order valence-corrected chi connectivity index (χ4v) is 4.00. The maximum Gasteiger partial charge on any atom is 0.257 e. The van der Waals surface area contributed by atoms with E-state index in [9.17, 15) is 13.2 Å². The van der Waals surface area contributed by atoms with Gasteiger partial charge in [-0.15, -0.1) is 0 Å². The van der Waals surface area contributed by atoms with E-state index in [1.54, 1.807) is 0 Å². The Bertz CT molecular complexity index is 723. The molecular formula is C14H17Cl3N2O5S. The summed E-state index contributed by atoms with van der Waals surface area (Å²) in [6.07, 6.45) is 0. The highest BCUT2D eigenvalue weighted by Gasteiger charge is 2.24. The van der Waals surface area contributed by atoms with E-state index in [0.717, 1.165) is 0 Å². The van der Waals surface area contributed by atoms with Crippen molar-refractivity contribution in [2.75, 3.05) is 45.2 Å². The highest BCUT2D eigenvalue weighted by Crippen LogP contribution is 2.33. The SMILES string of the molecule is O=C(COc1cc(Cl)c(Cl)cc1Cl)NCCS(=O)(=O)N1CCOCC1. The summed E-state index contributed by atoms with van der Waals surface area (Å²) in [6, 6.07) is 2.82. The zero-order valence-electron chi connectivity index (χ0n) is 13.1. The first-order valence-corrected chi connectivity index (χ1v) is 10.1. The maximum absolute atomic E-state index is 12.1. The molecule has 0 radical (unpaired) electrons. The van der Waals surface area contributed by atoms with E-state index < -0.39 is 15.9 Å². The molecule has 1 aliphatic rings. The zero-order chi connectivity index (χ0) is 18.4. The van der Waals surface area contributed by atoms with Crippen molar-refractivity contribution >= 4 is 50.7 Å². The number of nitrogens with zero attached hydrogens (tertiary/aromatic N) is 1. The fraction of sp³-hybridized carbons (Fsp3) is 0.500. The van der Waals surface area contributed by atoms with Gasteiger partial charge in [0.15, 0.2) is 6.61 Å². The molecule has 1 amide bonds. The molecule has 0 aliphatic carbocycles. The van der Waals surface area contributed by atoms with Crippen molar-refractivity contribution in [2.45, 2.75) is 0 Å². The molecule has 140 valence electrons. The van der Waals surface area contributed by atoms with Gasteiger partial charge < -0.3 is 14.8 Å². The van der Waals surface area contributed by atoms with Gasteiger partial charge in [-0.2, -0.15) is 4.31 Å². The van der Waals surface area contributed by atoms with Gasteiger partial charge in [-0.3, -0.25) is 4.79 Å². The van der Waals surface area contributed by atoms with Crippen LogP contribution in [0.5, 0.6) is 5.75 Å². The summed E-state index contributed by atoms with van der Waals surface area (Å²) in [5.41, 5.74) is 0. The maximum atomic E-state index is 12.1. The smallest absolute Gasteiger partial charge is 0.257 e. The number of amides is 1. The lowest BCUT2D eigenvalue weighted by Gasteiger charge is -2.26. The summed E-state index contributed by atoms with van der Waals surface area (Å²) < 4.78 is 35.9. The van der Waals surface area contributed by atoms with Gasteiger partial charge in [0, 0.05) is 25.7 Å². The van der Waals surface area contributed by atoms with Crippen LogP contribution in [0.1, 0.15) is 0 Å². The summed E-state index contributed by atoms with van der Waals surface area (Å²) in [7, 11) is -3.42. The van der Waals surface area contributed by atoms with Crippen LogP contribution in [0.3, 0.4) is 0 Å². The molecule has 0 saturated carbocycles. The number of morpholine rings is 1. The first-order valence-electron chi connectivity index (χ1n) is 7.39. The Balaban J connectivity index is 1.76. The van der Waals surface area contributed by atoms with Gasteiger partial charge in [-0.1, -0.05) is 34.8 Å². The van der Waals surface area contributed by atoms with Crippen molar-refractivity contribution < 1.29 is 22.7 Å². The lowest BCUT2D eigenvalue weighted by Crippen LogP contribution is -2.44. The fourth-order valence-electron chi connectivity index (χ4n) is 2.08. The molecule has 1 heterocycles. The summed E-state index contributed by atoms with van der Waals surface area (Å²) in [5, 5.41) is 3.23. The number of ether oxygens (including phenoxy) is 2. The molecule has 1 fully saturated rings. The number of nitrogens with one attached hydrogen (secondary N) is 1. The van der Waals surface area contributed by atoms with Gasteiger partial charge in [-0.25, -0.2) is 8.42 Å². The van der Waals surface area contributed by atoms with Crippen LogP contribution in [0.25, 0.3) is 0 Å². The number of carbonyl (C=O) groups excluding carboxylic acids is 1. The van der Waals surface area contributed by atoms with Crippen molar-refractivity contribution in [1.29, 1.82) is 0 Å². The van der Waals surface area contributed by atoms with Crippen LogP contribution in [0.15, 0.2) is 12.1 Å². The minimum absolute atomic E-state index is 0.0169. The molecule has 2 rings (SSSR count). The molecule has 11 heteroatoms. The van der Waals surface area contributed by atoms with Crippen LogP contribution >= 0.6 is 34.8 Å². The Morgan fingerprint density at radius 3 is 2.48 bits per heavy atom. The average molecular weight is 432 g/mol. The minimum Gasteiger partial charge on any atom is -0.482 e. The van der Waals surface area contributed by atoms with Gasteiger partial charge in [0.1, 0.15) is 5.75 Å². The van der Waals surface area contributed by atoms with Crippen molar-refractivity contribution in [3.05, 3.63) is 27.2 Å². The second kappa shape index (κ2) is 9.25. The molecular weight excluding hydrogens is 415 g/mol. The van der Waals surface area contributed by atoms with E-state index in [4.69, 9.17) is 44.3 Å². The predicted octanol–water partition coefficient (Wildman–Crippen LogP) is 1.80. The summed E-state index contributed by atoms with van der Waals surface area (Å²) >= 11 is 17.6. The summed E-state index contributed by atoms with van der Waals surface area (Å²) in [4.78, 5) is 11.8. The lowest BCUT2D eigenvalue weighted by molar-refractivity contribution is -0.122. The highest BCUT2D eigenvalue weighted by atomic mass is 35.5. The Kier molecular flexibility index (Phi) is 7.60. The molecule has 1 aliphatic heterocycles. The molecule has 1 aromatic carbocycles. The van der Waals surface area contributed by atoms with E-state index in [2.05, 4.69) is 5.32 Å². The molecule has 0 bridgehead atoms. The number of halogens is 3. The summed E-state index contributed by atoms with van der Waals surface area (Å²) in [5.74, 6) is -0.446.